The van der Waals surface area contributed by atoms with Crippen LogP contribution in [-0.2, 0) is 10.0 Å². The first kappa shape index (κ1) is 16.0. The van der Waals surface area contributed by atoms with Gasteiger partial charge in [0, 0.05) is 11.1 Å². The monoisotopic (exact) mass is 327 g/mol. The van der Waals surface area contributed by atoms with Gasteiger partial charge in [0.15, 0.2) is 0 Å². The van der Waals surface area contributed by atoms with E-state index in [0.29, 0.717) is 22.8 Å². The summed E-state index contributed by atoms with van der Waals surface area (Å²) in [6, 6.07) is 6.85. The summed E-state index contributed by atoms with van der Waals surface area (Å²) in [6.07, 6.45) is 0.636. The number of H-pyrrole nitrogens is 1. The van der Waals surface area contributed by atoms with Gasteiger partial charge in [-0.15, -0.1) is 0 Å². The number of nitrogens with zero attached hydrogens (tertiary/aromatic N) is 1. The zero-order valence-corrected chi connectivity index (χ0v) is 13.7. The molecule has 1 heterocycles. The van der Waals surface area contributed by atoms with Crippen molar-refractivity contribution in [3.63, 3.8) is 0 Å². The van der Waals surface area contributed by atoms with E-state index in [9.17, 15) is 8.42 Å². The Hall–Kier alpha value is -1.37. The van der Waals surface area contributed by atoms with Gasteiger partial charge in [-0.3, -0.25) is 5.10 Å². The number of hydrogen-bond acceptors (Lipinski definition) is 3. The number of aromatic amines is 1. The van der Waals surface area contributed by atoms with Crippen molar-refractivity contribution in [3.8, 4) is 0 Å². The highest BCUT2D eigenvalue weighted by molar-refractivity contribution is 7.89. The average molecular weight is 328 g/mol. The van der Waals surface area contributed by atoms with E-state index in [2.05, 4.69) is 14.9 Å². The maximum Gasteiger partial charge on any atom is 0.244 e. The van der Waals surface area contributed by atoms with Crippen LogP contribution in [0.15, 0.2) is 29.2 Å². The molecule has 2 rings (SSSR count). The number of rotatable bonds is 5. The standard InChI is InChI=1S/C14H18ClN3O2S/c1-4-13(11-5-7-12(15)8-6-11)18-21(19,20)14-9(2)16-17-10(14)3/h5-8,13,18H,4H2,1-3H3,(H,16,17). The largest absolute Gasteiger partial charge is 0.281 e. The lowest BCUT2D eigenvalue weighted by molar-refractivity contribution is 0.549. The molecule has 1 aromatic carbocycles. The number of benzene rings is 1. The molecule has 0 amide bonds. The summed E-state index contributed by atoms with van der Waals surface area (Å²) >= 11 is 5.86. The molecule has 0 spiro atoms. The van der Waals surface area contributed by atoms with E-state index < -0.39 is 10.0 Å². The van der Waals surface area contributed by atoms with Crippen molar-refractivity contribution in [2.45, 2.75) is 38.1 Å². The summed E-state index contributed by atoms with van der Waals surface area (Å²) in [4.78, 5) is 0.218. The summed E-state index contributed by atoms with van der Waals surface area (Å²) in [5.74, 6) is 0. The molecule has 2 aromatic rings. The Morgan fingerprint density at radius 3 is 2.38 bits per heavy atom. The number of hydrogen-bond donors (Lipinski definition) is 2. The molecule has 7 heteroatoms. The zero-order chi connectivity index (χ0) is 15.6. The van der Waals surface area contributed by atoms with Crippen molar-refractivity contribution in [1.29, 1.82) is 0 Å². The van der Waals surface area contributed by atoms with Gasteiger partial charge in [-0.1, -0.05) is 30.7 Å². The fourth-order valence-electron chi connectivity index (χ4n) is 2.26. The Bertz CT molecular complexity index is 704. The van der Waals surface area contributed by atoms with E-state index in [0.717, 1.165) is 5.56 Å². The smallest absolute Gasteiger partial charge is 0.244 e. The second-order valence-electron chi connectivity index (χ2n) is 4.90. The molecule has 0 saturated carbocycles. The molecule has 5 nitrogen and oxygen atoms in total. The van der Waals surface area contributed by atoms with E-state index in [4.69, 9.17) is 11.6 Å². The third-order valence-corrected chi connectivity index (χ3v) is 5.29. The quantitative estimate of drug-likeness (QED) is 0.886. The maximum absolute atomic E-state index is 12.5. The predicted octanol–water partition coefficient (Wildman–Crippen LogP) is 3.11. The number of nitrogens with one attached hydrogen (secondary N) is 2. The van der Waals surface area contributed by atoms with E-state index in [1.807, 2.05) is 19.1 Å². The summed E-state index contributed by atoms with van der Waals surface area (Å²) in [6.45, 7) is 5.29. The molecule has 1 aromatic heterocycles. The Morgan fingerprint density at radius 1 is 1.29 bits per heavy atom. The van der Waals surface area contributed by atoms with Gasteiger partial charge in [0.2, 0.25) is 10.0 Å². The molecule has 0 fully saturated rings. The van der Waals surface area contributed by atoms with Gasteiger partial charge in [0.1, 0.15) is 4.90 Å². The molecule has 21 heavy (non-hydrogen) atoms. The van der Waals surface area contributed by atoms with Gasteiger partial charge in [0.25, 0.3) is 0 Å². The highest BCUT2D eigenvalue weighted by Crippen LogP contribution is 2.23. The summed E-state index contributed by atoms with van der Waals surface area (Å²) in [5.41, 5.74) is 1.88. The fraction of sp³-hybridized carbons (Fsp3) is 0.357. The summed E-state index contributed by atoms with van der Waals surface area (Å²) in [7, 11) is -3.62. The van der Waals surface area contributed by atoms with E-state index in [-0.39, 0.29) is 10.9 Å². The minimum atomic E-state index is -3.62. The van der Waals surface area contributed by atoms with Crippen LogP contribution in [0.5, 0.6) is 0 Å². The normalized spacial score (nSPS) is 13.3. The Labute approximate surface area is 129 Å². The van der Waals surface area contributed by atoms with E-state index in [1.165, 1.54) is 0 Å². The van der Waals surface area contributed by atoms with Crippen molar-refractivity contribution in [2.75, 3.05) is 0 Å². The third kappa shape index (κ3) is 3.45. The van der Waals surface area contributed by atoms with Gasteiger partial charge >= 0.3 is 0 Å². The summed E-state index contributed by atoms with van der Waals surface area (Å²) in [5, 5.41) is 7.26. The SMILES string of the molecule is CCC(NS(=O)(=O)c1c(C)n[nH]c1C)c1ccc(Cl)cc1. The molecule has 1 atom stereocenters. The predicted molar refractivity (Wildman–Crippen MR) is 82.9 cm³/mol. The van der Waals surface area contributed by atoms with Crippen molar-refractivity contribution in [2.24, 2.45) is 0 Å². The Morgan fingerprint density at radius 2 is 1.90 bits per heavy atom. The second kappa shape index (κ2) is 6.17. The molecule has 0 radical (unpaired) electrons. The molecule has 114 valence electrons. The first-order valence-electron chi connectivity index (χ1n) is 6.64. The molecular formula is C14H18ClN3O2S. The van der Waals surface area contributed by atoms with E-state index in [1.54, 1.807) is 26.0 Å². The third-order valence-electron chi connectivity index (χ3n) is 3.31. The fourth-order valence-corrected chi connectivity index (χ4v) is 4.07. The van der Waals surface area contributed by atoms with Crippen LogP contribution in [-0.4, -0.2) is 18.6 Å². The highest BCUT2D eigenvalue weighted by Gasteiger charge is 2.25. The minimum Gasteiger partial charge on any atom is -0.281 e. The maximum atomic E-state index is 12.5. The Balaban J connectivity index is 2.32. The first-order valence-corrected chi connectivity index (χ1v) is 8.50. The highest BCUT2D eigenvalue weighted by atomic mass is 35.5. The topological polar surface area (TPSA) is 74.8 Å². The number of halogens is 1. The molecule has 0 aliphatic heterocycles. The van der Waals surface area contributed by atoms with Crippen molar-refractivity contribution >= 4 is 21.6 Å². The Kier molecular flexibility index (Phi) is 4.70. The van der Waals surface area contributed by atoms with E-state index >= 15 is 0 Å². The average Bonchev–Trinajstić information content (AvgIpc) is 2.77. The molecule has 0 bridgehead atoms. The zero-order valence-electron chi connectivity index (χ0n) is 12.1. The minimum absolute atomic E-state index is 0.218. The lowest BCUT2D eigenvalue weighted by Crippen LogP contribution is -2.29. The van der Waals surface area contributed by atoms with Crippen LogP contribution in [0.4, 0.5) is 0 Å². The van der Waals surface area contributed by atoms with Crippen LogP contribution in [0.1, 0.15) is 36.3 Å². The van der Waals surface area contributed by atoms with Crippen LogP contribution in [0.3, 0.4) is 0 Å². The van der Waals surface area contributed by atoms with Crippen LogP contribution in [0.25, 0.3) is 0 Å². The second-order valence-corrected chi connectivity index (χ2v) is 6.98. The number of sulfonamides is 1. The lowest BCUT2D eigenvalue weighted by Gasteiger charge is -2.17. The number of aromatic nitrogens is 2. The molecule has 2 N–H and O–H groups in total. The molecule has 0 saturated heterocycles. The van der Waals surface area contributed by atoms with Crippen LogP contribution in [0.2, 0.25) is 5.02 Å². The first-order chi connectivity index (χ1) is 9.85. The van der Waals surface area contributed by atoms with Gasteiger partial charge < -0.3 is 0 Å². The molecular weight excluding hydrogens is 310 g/mol. The number of aryl methyl sites for hydroxylation is 2. The van der Waals surface area contributed by atoms with Crippen LogP contribution in [0, 0.1) is 13.8 Å². The van der Waals surface area contributed by atoms with Crippen molar-refractivity contribution in [3.05, 3.63) is 46.2 Å². The molecule has 0 aliphatic rings. The van der Waals surface area contributed by atoms with Gasteiger partial charge in [-0.25, -0.2) is 13.1 Å². The molecule has 1 unspecified atom stereocenters. The van der Waals surface area contributed by atoms with Crippen LogP contribution < -0.4 is 4.72 Å². The van der Waals surface area contributed by atoms with Crippen molar-refractivity contribution in [1.82, 2.24) is 14.9 Å². The summed E-state index contributed by atoms with van der Waals surface area (Å²) < 4.78 is 27.8. The van der Waals surface area contributed by atoms with Gasteiger partial charge in [-0.05, 0) is 38.0 Å². The lowest BCUT2D eigenvalue weighted by atomic mass is 10.1. The van der Waals surface area contributed by atoms with Gasteiger partial charge in [-0.2, -0.15) is 5.10 Å². The van der Waals surface area contributed by atoms with Gasteiger partial charge in [0.05, 0.1) is 11.4 Å². The van der Waals surface area contributed by atoms with Crippen LogP contribution >= 0.6 is 11.6 Å². The molecule has 0 aliphatic carbocycles. The van der Waals surface area contributed by atoms with Crippen molar-refractivity contribution < 1.29 is 8.42 Å².